The number of carbonyl (C=O) groups is 1. The third-order valence-corrected chi connectivity index (χ3v) is 2.44. The van der Waals surface area contributed by atoms with Gasteiger partial charge < -0.3 is 0 Å². The van der Waals surface area contributed by atoms with E-state index in [9.17, 15) is 4.79 Å². The van der Waals surface area contributed by atoms with Gasteiger partial charge in [0.15, 0.2) is 5.69 Å². The molecule has 80 valence electrons. The number of aromatic nitrogens is 2. The van der Waals surface area contributed by atoms with Crippen molar-refractivity contribution in [2.45, 2.75) is 26.7 Å². The molecule has 0 spiro atoms. The lowest BCUT2D eigenvalue weighted by Gasteiger charge is -1.97. The summed E-state index contributed by atoms with van der Waals surface area (Å²) in [6.07, 6.45) is 2.37. The Morgan fingerprint density at radius 2 is 2.40 bits per heavy atom. The molecule has 5 heteroatoms. The van der Waals surface area contributed by atoms with Crippen LogP contribution in [0.3, 0.4) is 0 Å². The molecule has 0 aromatic carbocycles. The Balaban J connectivity index is 1.94. The van der Waals surface area contributed by atoms with Crippen LogP contribution in [0.1, 0.15) is 35.9 Å². The Labute approximate surface area is 88.0 Å². The van der Waals surface area contributed by atoms with Crippen LogP contribution in [0.5, 0.6) is 0 Å². The van der Waals surface area contributed by atoms with Gasteiger partial charge >= 0.3 is 0 Å². The Kier molecular flexibility index (Phi) is 2.53. The summed E-state index contributed by atoms with van der Waals surface area (Å²) in [4.78, 5) is 11.5. The number of hydrogen-bond acceptors (Lipinski definition) is 3. The molecule has 0 aliphatic heterocycles. The van der Waals surface area contributed by atoms with E-state index in [-0.39, 0.29) is 5.91 Å². The van der Waals surface area contributed by atoms with E-state index in [2.05, 4.69) is 20.7 Å². The van der Waals surface area contributed by atoms with Gasteiger partial charge in [0.25, 0.3) is 5.91 Å². The molecule has 0 unspecified atom stereocenters. The van der Waals surface area contributed by atoms with E-state index in [0.29, 0.717) is 11.6 Å². The summed E-state index contributed by atoms with van der Waals surface area (Å²) in [5.41, 5.74) is 4.73. The number of rotatable bonds is 3. The van der Waals surface area contributed by atoms with Crippen LogP contribution in [0.15, 0.2) is 11.2 Å². The number of nitrogens with zero attached hydrogens (tertiary/aromatic N) is 2. The topological polar surface area (TPSA) is 70.1 Å². The van der Waals surface area contributed by atoms with Crippen LogP contribution in [0.4, 0.5) is 0 Å². The molecular weight excluding hydrogens is 192 g/mol. The van der Waals surface area contributed by atoms with Crippen molar-refractivity contribution < 1.29 is 4.79 Å². The molecule has 0 bridgehead atoms. The number of nitrogens with one attached hydrogen (secondary N) is 2. The van der Waals surface area contributed by atoms with Gasteiger partial charge in [0.1, 0.15) is 0 Å². The molecule has 1 aromatic rings. The highest BCUT2D eigenvalue weighted by molar-refractivity contribution is 5.94. The maximum absolute atomic E-state index is 11.5. The molecule has 2 rings (SSSR count). The average molecular weight is 206 g/mol. The van der Waals surface area contributed by atoms with Gasteiger partial charge in [-0.3, -0.25) is 9.89 Å². The van der Waals surface area contributed by atoms with Crippen molar-refractivity contribution in [2.24, 2.45) is 11.0 Å². The van der Waals surface area contributed by atoms with Crippen LogP contribution in [0.25, 0.3) is 0 Å². The number of aromatic amines is 1. The van der Waals surface area contributed by atoms with Gasteiger partial charge in [0.2, 0.25) is 0 Å². The number of amides is 1. The minimum atomic E-state index is -0.264. The van der Waals surface area contributed by atoms with E-state index >= 15 is 0 Å². The van der Waals surface area contributed by atoms with Crippen LogP contribution in [0.2, 0.25) is 0 Å². The zero-order chi connectivity index (χ0) is 10.8. The predicted molar refractivity (Wildman–Crippen MR) is 56.6 cm³/mol. The zero-order valence-corrected chi connectivity index (χ0v) is 8.87. The third-order valence-electron chi connectivity index (χ3n) is 2.44. The summed E-state index contributed by atoms with van der Waals surface area (Å²) >= 11 is 0. The van der Waals surface area contributed by atoms with Crippen molar-refractivity contribution in [3.63, 3.8) is 0 Å². The van der Waals surface area contributed by atoms with E-state index in [1.807, 2.05) is 13.8 Å². The smallest absolute Gasteiger partial charge is 0.282 e. The lowest BCUT2D eigenvalue weighted by Crippen LogP contribution is -2.19. The van der Waals surface area contributed by atoms with Crippen LogP contribution in [0, 0.1) is 12.8 Å². The van der Waals surface area contributed by atoms with E-state index in [0.717, 1.165) is 11.4 Å². The largest absolute Gasteiger partial charge is 0.291 e. The number of H-pyrrole nitrogens is 1. The number of hydrazone groups is 1. The van der Waals surface area contributed by atoms with Crippen LogP contribution < -0.4 is 5.43 Å². The second-order valence-corrected chi connectivity index (χ2v) is 3.90. The lowest BCUT2D eigenvalue weighted by atomic mass is 10.3. The molecule has 1 heterocycles. The highest BCUT2D eigenvalue weighted by Gasteiger charge is 2.24. The molecule has 1 aliphatic rings. The van der Waals surface area contributed by atoms with E-state index in [1.54, 1.807) is 6.07 Å². The minimum Gasteiger partial charge on any atom is -0.282 e. The Bertz CT molecular complexity index is 403. The Morgan fingerprint density at radius 3 is 2.93 bits per heavy atom. The van der Waals surface area contributed by atoms with Gasteiger partial charge in [-0.2, -0.15) is 10.2 Å². The van der Waals surface area contributed by atoms with Gasteiger partial charge in [-0.15, -0.1) is 0 Å². The maximum atomic E-state index is 11.5. The summed E-state index contributed by atoms with van der Waals surface area (Å²) in [6.45, 7) is 3.79. The quantitative estimate of drug-likeness (QED) is 0.577. The first-order chi connectivity index (χ1) is 7.16. The standard InChI is InChI=1S/C10H14N4O/c1-6-5-9(13-11-6)10(15)14-12-7(2)8-3-4-8/h5,8H,3-4H2,1-2H3,(H,11,13)(H,14,15). The van der Waals surface area contributed by atoms with Crippen molar-refractivity contribution in [1.82, 2.24) is 15.6 Å². The van der Waals surface area contributed by atoms with Gasteiger partial charge in [-0.1, -0.05) is 0 Å². The van der Waals surface area contributed by atoms with Gasteiger partial charge in [-0.25, -0.2) is 5.43 Å². The minimum absolute atomic E-state index is 0.264. The number of carbonyl (C=O) groups excluding carboxylic acids is 1. The number of aryl methyl sites for hydroxylation is 1. The zero-order valence-electron chi connectivity index (χ0n) is 8.87. The van der Waals surface area contributed by atoms with Crippen LogP contribution >= 0.6 is 0 Å². The molecule has 1 amide bonds. The molecule has 0 saturated heterocycles. The normalized spacial score (nSPS) is 16.5. The van der Waals surface area contributed by atoms with Crippen molar-refractivity contribution in [1.29, 1.82) is 0 Å². The molecule has 0 atom stereocenters. The second kappa shape index (κ2) is 3.84. The highest BCUT2D eigenvalue weighted by atomic mass is 16.2. The fraction of sp³-hybridized carbons (Fsp3) is 0.500. The molecule has 1 saturated carbocycles. The second-order valence-electron chi connectivity index (χ2n) is 3.90. The monoisotopic (exact) mass is 206 g/mol. The maximum Gasteiger partial charge on any atom is 0.291 e. The summed E-state index contributed by atoms with van der Waals surface area (Å²) in [5.74, 6) is 0.311. The molecule has 1 fully saturated rings. The van der Waals surface area contributed by atoms with Gasteiger partial charge in [0.05, 0.1) is 0 Å². The third kappa shape index (κ3) is 2.43. The van der Waals surface area contributed by atoms with Crippen molar-refractivity contribution in [3.8, 4) is 0 Å². The molecular formula is C10H14N4O. The highest BCUT2D eigenvalue weighted by Crippen LogP contribution is 2.30. The molecule has 15 heavy (non-hydrogen) atoms. The summed E-state index contributed by atoms with van der Waals surface area (Å²) in [5, 5.41) is 10.6. The predicted octanol–water partition coefficient (Wildman–Crippen LogP) is 1.23. The summed E-state index contributed by atoms with van der Waals surface area (Å²) in [6, 6.07) is 1.69. The fourth-order valence-corrected chi connectivity index (χ4v) is 1.32. The van der Waals surface area contributed by atoms with Crippen molar-refractivity contribution in [2.75, 3.05) is 0 Å². The number of hydrogen-bond donors (Lipinski definition) is 2. The molecule has 0 radical (unpaired) electrons. The van der Waals surface area contributed by atoms with Crippen molar-refractivity contribution >= 4 is 11.6 Å². The molecule has 1 aromatic heterocycles. The van der Waals surface area contributed by atoms with E-state index < -0.39 is 0 Å². The first kappa shape index (κ1) is 9.89. The lowest BCUT2D eigenvalue weighted by molar-refractivity contribution is 0.0949. The summed E-state index contributed by atoms with van der Waals surface area (Å²) < 4.78 is 0. The van der Waals surface area contributed by atoms with Crippen molar-refractivity contribution in [3.05, 3.63) is 17.5 Å². The van der Waals surface area contributed by atoms with Crippen LogP contribution in [-0.4, -0.2) is 21.8 Å². The van der Waals surface area contributed by atoms with Crippen LogP contribution in [-0.2, 0) is 0 Å². The molecule has 5 nitrogen and oxygen atoms in total. The summed E-state index contributed by atoms with van der Waals surface area (Å²) in [7, 11) is 0. The van der Waals surface area contributed by atoms with E-state index in [1.165, 1.54) is 12.8 Å². The molecule has 1 aliphatic carbocycles. The first-order valence-electron chi connectivity index (χ1n) is 5.03. The fourth-order valence-electron chi connectivity index (χ4n) is 1.32. The Hall–Kier alpha value is -1.65. The Morgan fingerprint density at radius 1 is 1.67 bits per heavy atom. The SMILES string of the molecule is CC(=NNC(=O)c1cc(C)[nH]n1)C1CC1. The van der Waals surface area contributed by atoms with E-state index in [4.69, 9.17) is 0 Å². The van der Waals surface area contributed by atoms with Gasteiger partial charge in [-0.05, 0) is 38.7 Å². The first-order valence-corrected chi connectivity index (χ1v) is 5.03. The van der Waals surface area contributed by atoms with Gasteiger partial charge in [0, 0.05) is 11.4 Å². The average Bonchev–Trinajstić information content (AvgIpc) is 2.97. The molecule has 2 N–H and O–H groups in total.